The molecule has 0 saturated carbocycles. The summed E-state index contributed by atoms with van der Waals surface area (Å²) in [5, 5.41) is 5.61. The Hall–Kier alpha value is -3.89. The van der Waals surface area contributed by atoms with Gasteiger partial charge in [0.25, 0.3) is 0 Å². The molecule has 3 aromatic rings. The second kappa shape index (κ2) is 11.7. The van der Waals surface area contributed by atoms with Crippen LogP contribution in [0.2, 0.25) is 0 Å². The number of benzene rings is 2. The van der Waals surface area contributed by atoms with E-state index < -0.39 is 0 Å². The molecule has 2 amide bonds. The number of amides is 2. The monoisotopic (exact) mass is 516 g/mol. The van der Waals surface area contributed by atoms with Gasteiger partial charge in [-0.2, -0.15) is 9.97 Å². The molecule has 3 heterocycles. The van der Waals surface area contributed by atoms with E-state index in [0.717, 1.165) is 30.8 Å². The van der Waals surface area contributed by atoms with Crippen LogP contribution in [0.4, 0.5) is 22.1 Å². The van der Waals surface area contributed by atoms with Crippen molar-refractivity contribution in [2.24, 2.45) is 0 Å². The minimum absolute atomic E-state index is 0.0225. The summed E-state index contributed by atoms with van der Waals surface area (Å²) in [4.78, 5) is 40.7. The van der Waals surface area contributed by atoms with Crippen LogP contribution in [0, 0.1) is 0 Å². The Balaban J connectivity index is 1.33. The molecule has 0 radical (unpaired) electrons. The second-order valence-electron chi connectivity index (χ2n) is 9.61. The third-order valence-corrected chi connectivity index (χ3v) is 6.80. The number of hydrogen-bond donors (Lipinski definition) is 2. The molecule has 1 aromatic heterocycles. The van der Waals surface area contributed by atoms with Crippen LogP contribution in [0.1, 0.15) is 48.8 Å². The molecule has 2 aromatic carbocycles. The molecular weight excluding hydrogens is 484 g/mol. The number of carbonyl (C=O) groups excluding carboxylic acids is 2. The summed E-state index contributed by atoms with van der Waals surface area (Å²) in [6.07, 6.45) is 1.77. The molecule has 5 rings (SSSR count). The quantitative estimate of drug-likeness (QED) is 0.460. The molecule has 1 atom stereocenters. The molecule has 198 valence electrons. The van der Waals surface area contributed by atoms with Gasteiger partial charge in [-0.3, -0.25) is 4.79 Å². The number of aromatic nitrogens is 3. The molecule has 0 spiro atoms. The van der Waals surface area contributed by atoms with Crippen LogP contribution in [-0.4, -0.2) is 65.8 Å². The molecule has 2 saturated heterocycles. The van der Waals surface area contributed by atoms with Crippen molar-refractivity contribution >= 4 is 29.1 Å². The van der Waals surface area contributed by atoms with Gasteiger partial charge in [0.1, 0.15) is 5.82 Å². The van der Waals surface area contributed by atoms with Crippen molar-refractivity contribution in [1.82, 2.24) is 15.0 Å². The lowest BCUT2D eigenvalue weighted by Crippen LogP contribution is -2.44. The van der Waals surface area contributed by atoms with E-state index in [2.05, 4.69) is 22.5 Å². The van der Waals surface area contributed by atoms with E-state index in [1.807, 2.05) is 24.3 Å². The number of anilines is 3. The van der Waals surface area contributed by atoms with Crippen LogP contribution >= 0.6 is 0 Å². The molecule has 2 N–H and O–H groups in total. The van der Waals surface area contributed by atoms with Gasteiger partial charge in [-0.05, 0) is 75.2 Å². The number of morpholine rings is 1. The van der Waals surface area contributed by atoms with E-state index in [0.29, 0.717) is 55.1 Å². The highest BCUT2D eigenvalue weighted by Crippen LogP contribution is 2.29. The van der Waals surface area contributed by atoms with Crippen LogP contribution in [-0.2, 0) is 9.47 Å². The van der Waals surface area contributed by atoms with Crippen LogP contribution in [0.15, 0.2) is 48.5 Å². The van der Waals surface area contributed by atoms with Crippen molar-refractivity contribution in [3.63, 3.8) is 0 Å². The Morgan fingerprint density at radius 2 is 1.53 bits per heavy atom. The number of nitrogens with one attached hydrogen (secondary N) is 2. The van der Waals surface area contributed by atoms with Crippen LogP contribution < -0.4 is 15.5 Å². The highest BCUT2D eigenvalue weighted by Gasteiger charge is 2.26. The summed E-state index contributed by atoms with van der Waals surface area (Å²) in [7, 11) is 0. The number of rotatable bonds is 6. The van der Waals surface area contributed by atoms with Gasteiger partial charge in [0.15, 0.2) is 11.6 Å². The Labute approximate surface area is 221 Å². The first-order valence-electron chi connectivity index (χ1n) is 12.9. The lowest BCUT2D eigenvalue weighted by molar-refractivity contribution is 0.0834. The summed E-state index contributed by atoms with van der Waals surface area (Å²) in [5.74, 6) is 2.28. The third-order valence-electron chi connectivity index (χ3n) is 6.80. The standard InChI is InChI=1S/C28H32N6O4/c1-18-17-38-16-13-34(18)27-32-25(31-26(33-27)22-11-14-37-15-12-22)21-5-9-24(10-6-21)30-28(36)29-23-7-3-20(4-8-23)19(2)35/h3-10,18,22H,11-17H2,1-2H3,(H2,29,30,36). The zero-order valence-electron chi connectivity index (χ0n) is 21.6. The van der Waals surface area contributed by atoms with Crippen molar-refractivity contribution in [1.29, 1.82) is 0 Å². The fourth-order valence-electron chi connectivity index (χ4n) is 4.59. The highest BCUT2D eigenvalue weighted by molar-refractivity contribution is 6.00. The minimum Gasteiger partial charge on any atom is -0.381 e. The van der Waals surface area contributed by atoms with Gasteiger partial charge in [0.2, 0.25) is 5.95 Å². The number of ether oxygens (including phenoxy) is 2. The predicted molar refractivity (Wildman–Crippen MR) is 145 cm³/mol. The number of Topliss-reactive ketones (excluding diaryl/α,β-unsaturated/α-hetero) is 1. The normalized spacial score (nSPS) is 18.2. The van der Waals surface area contributed by atoms with Crippen molar-refractivity contribution < 1.29 is 19.1 Å². The molecule has 38 heavy (non-hydrogen) atoms. The smallest absolute Gasteiger partial charge is 0.323 e. The third kappa shape index (κ3) is 6.15. The van der Waals surface area contributed by atoms with Gasteiger partial charge in [0, 0.05) is 48.2 Å². The van der Waals surface area contributed by atoms with Gasteiger partial charge < -0.3 is 25.0 Å². The number of nitrogens with zero attached hydrogens (tertiary/aromatic N) is 4. The fraction of sp³-hybridized carbons (Fsp3) is 0.393. The minimum atomic E-state index is -0.376. The SMILES string of the molecule is CC(=O)c1ccc(NC(=O)Nc2ccc(-c3nc(C4CCOCC4)nc(N4CCOCC4C)n3)cc2)cc1. The largest absolute Gasteiger partial charge is 0.381 e. The highest BCUT2D eigenvalue weighted by atomic mass is 16.5. The summed E-state index contributed by atoms with van der Waals surface area (Å²) < 4.78 is 11.2. The van der Waals surface area contributed by atoms with Crippen LogP contribution in [0.3, 0.4) is 0 Å². The lowest BCUT2D eigenvalue weighted by Gasteiger charge is -2.34. The Morgan fingerprint density at radius 1 is 0.868 bits per heavy atom. The number of ketones is 1. The van der Waals surface area contributed by atoms with Gasteiger partial charge in [0.05, 0.1) is 19.3 Å². The van der Waals surface area contributed by atoms with Crippen molar-refractivity contribution in [3.05, 3.63) is 59.9 Å². The summed E-state index contributed by atoms with van der Waals surface area (Å²) in [6, 6.07) is 14.0. The first kappa shape index (κ1) is 25.7. The molecule has 2 aliphatic rings. The second-order valence-corrected chi connectivity index (χ2v) is 9.61. The summed E-state index contributed by atoms with van der Waals surface area (Å²) in [6.45, 7) is 7.04. The van der Waals surface area contributed by atoms with E-state index in [-0.39, 0.29) is 23.8 Å². The van der Waals surface area contributed by atoms with E-state index in [1.165, 1.54) is 6.92 Å². The number of hydrogen-bond acceptors (Lipinski definition) is 8. The van der Waals surface area contributed by atoms with E-state index >= 15 is 0 Å². The van der Waals surface area contributed by atoms with Gasteiger partial charge in [-0.25, -0.2) is 9.78 Å². The van der Waals surface area contributed by atoms with E-state index in [9.17, 15) is 9.59 Å². The van der Waals surface area contributed by atoms with Crippen molar-refractivity contribution in [2.75, 3.05) is 48.5 Å². The molecule has 10 heteroatoms. The number of urea groups is 1. The van der Waals surface area contributed by atoms with Crippen molar-refractivity contribution in [2.45, 2.75) is 38.6 Å². The average molecular weight is 517 g/mol. The topological polar surface area (TPSA) is 119 Å². The van der Waals surface area contributed by atoms with Gasteiger partial charge in [-0.1, -0.05) is 0 Å². The first-order valence-corrected chi connectivity index (χ1v) is 12.9. The summed E-state index contributed by atoms with van der Waals surface area (Å²) >= 11 is 0. The molecule has 10 nitrogen and oxygen atoms in total. The molecule has 0 bridgehead atoms. The molecule has 2 aliphatic heterocycles. The van der Waals surface area contributed by atoms with Crippen LogP contribution in [0.5, 0.6) is 0 Å². The lowest BCUT2D eigenvalue weighted by atomic mass is 9.99. The van der Waals surface area contributed by atoms with Crippen LogP contribution in [0.25, 0.3) is 11.4 Å². The first-order chi connectivity index (χ1) is 18.5. The maximum Gasteiger partial charge on any atom is 0.323 e. The van der Waals surface area contributed by atoms with Crippen molar-refractivity contribution in [3.8, 4) is 11.4 Å². The maximum absolute atomic E-state index is 12.5. The van der Waals surface area contributed by atoms with Gasteiger partial charge in [-0.15, -0.1) is 0 Å². The predicted octanol–water partition coefficient (Wildman–Crippen LogP) is 4.50. The Bertz CT molecular complexity index is 1280. The molecule has 1 unspecified atom stereocenters. The summed E-state index contributed by atoms with van der Waals surface area (Å²) in [5.41, 5.74) is 2.66. The molecular formula is C28H32N6O4. The molecule has 0 aliphatic carbocycles. The van der Waals surface area contributed by atoms with Gasteiger partial charge >= 0.3 is 6.03 Å². The van der Waals surface area contributed by atoms with E-state index in [4.69, 9.17) is 24.4 Å². The maximum atomic E-state index is 12.5. The average Bonchev–Trinajstić information content (AvgIpc) is 2.94. The zero-order valence-corrected chi connectivity index (χ0v) is 21.6. The van der Waals surface area contributed by atoms with E-state index in [1.54, 1.807) is 24.3 Å². The number of carbonyl (C=O) groups is 2. The Morgan fingerprint density at radius 3 is 2.16 bits per heavy atom. The molecule has 2 fully saturated rings. The zero-order chi connectivity index (χ0) is 26.5. The Kier molecular flexibility index (Phi) is 7.90. The fourth-order valence-corrected chi connectivity index (χ4v) is 4.59.